The molecule has 0 saturated carbocycles. The van der Waals surface area contributed by atoms with E-state index in [1.165, 1.54) is 38.5 Å². The van der Waals surface area contributed by atoms with Crippen molar-refractivity contribution in [3.63, 3.8) is 0 Å². The van der Waals surface area contributed by atoms with E-state index >= 15 is 0 Å². The van der Waals surface area contributed by atoms with Gasteiger partial charge in [-0.2, -0.15) is 0 Å². The molecular weight excluding hydrogens is 188 g/mol. The summed E-state index contributed by atoms with van der Waals surface area (Å²) in [6.45, 7) is 4.12. The molecule has 0 heterocycles. The Bertz CT molecular complexity index is 120. The first-order valence-corrected chi connectivity index (χ1v) is 6.34. The summed E-state index contributed by atoms with van der Waals surface area (Å²) in [6, 6.07) is 0.197. The third-order valence-electron chi connectivity index (χ3n) is 2.52. The molecule has 3 heteroatoms. The van der Waals surface area contributed by atoms with Crippen LogP contribution in [-0.4, -0.2) is 25.8 Å². The Morgan fingerprint density at radius 3 is 2.40 bits per heavy atom. The van der Waals surface area contributed by atoms with Gasteiger partial charge in [0.15, 0.2) is 0 Å². The van der Waals surface area contributed by atoms with Gasteiger partial charge in [-0.05, 0) is 6.42 Å². The van der Waals surface area contributed by atoms with E-state index in [0.29, 0.717) is 19.8 Å². The van der Waals surface area contributed by atoms with E-state index in [9.17, 15) is 0 Å². The van der Waals surface area contributed by atoms with Crippen LogP contribution in [0.3, 0.4) is 0 Å². The van der Waals surface area contributed by atoms with Crippen molar-refractivity contribution < 1.29 is 4.74 Å². The van der Waals surface area contributed by atoms with Crippen LogP contribution in [0.4, 0.5) is 0 Å². The lowest BCUT2D eigenvalue weighted by atomic mass is 10.1. The highest BCUT2D eigenvalue weighted by Crippen LogP contribution is 2.07. The normalized spacial score (nSPS) is 13.0. The van der Waals surface area contributed by atoms with Gasteiger partial charge in [-0.1, -0.05) is 45.4 Å². The molecule has 0 saturated heterocycles. The predicted octanol–water partition coefficient (Wildman–Crippen LogP) is 2.04. The summed E-state index contributed by atoms with van der Waals surface area (Å²) in [6.07, 6.45) is 9.02. The number of unbranched alkanes of at least 4 members (excludes halogenated alkanes) is 5. The fraction of sp³-hybridized carbons (Fsp3) is 1.00. The second-order valence-corrected chi connectivity index (χ2v) is 4.18. The van der Waals surface area contributed by atoms with Gasteiger partial charge >= 0.3 is 0 Å². The third kappa shape index (κ3) is 11.8. The van der Waals surface area contributed by atoms with Gasteiger partial charge in [0.05, 0.1) is 13.2 Å². The fourth-order valence-corrected chi connectivity index (χ4v) is 1.59. The Hall–Kier alpha value is -0.120. The molecule has 0 aliphatic rings. The lowest BCUT2D eigenvalue weighted by molar-refractivity contribution is 0.125. The summed E-state index contributed by atoms with van der Waals surface area (Å²) in [7, 11) is 0. The first kappa shape index (κ1) is 14.9. The minimum atomic E-state index is 0.197. The van der Waals surface area contributed by atoms with Crippen LogP contribution >= 0.6 is 0 Å². The molecule has 0 fully saturated rings. The van der Waals surface area contributed by atoms with E-state index in [4.69, 9.17) is 16.2 Å². The van der Waals surface area contributed by atoms with Gasteiger partial charge in [0.2, 0.25) is 0 Å². The van der Waals surface area contributed by atoms with Crippen molar-refractivity contribution in [2.75, 3.05) is 19.8 Å². The van der Waals surface area contributed by atoms with Crippen molar-refractivity contribution in [1.29, 1.82) is 0 Å². The van der Waals surface area contributed by atoms with Crippen LogP contribution in [-0.2, 0) is 4.74 Å². The highest BCUT2D eigenvalue weighted by molar-refractivity contribution is 4.60. The number of nitrogens with two attached hydrogens (primary N) is 2. The summed E-state index contributed by atoms with van der Waals surface area (Å²) >= 11 is 0. The van der Waals surface area contributed by atoms with Crippen LogP contribution in [0.2, 0.25) is 0 Å². The standard InChI is InChI=1S/C12H28N2O/c1-2-3-4-5-6-7-8-12(14)11-15-10-9-13/h12H,2-11,13-14H2,1H3. The molecule has 0 bridgehead atoms. The molecule has 0 aliphatic carbocycles. The van der Waals surface area contributed by atoms with Gasteiger partial charge in [-0.15, -0.1) is 0 Å². The maximum atomic E-state index is 5.89. The summed E-state index contributed by atoms with van der Waals surface area (Å²) in [4.78, 5) is 0. The minimum Gasteiger partial charge on any atom is -0.379 e. The second-order valence-electron chi connectivity index (χ2n) is 4.18. The Morgan fingerprint density at radius 1 is 1.07 bits per heavy atom. The van der Waals surface area contributed by atoms with E-state index in [1.807, 2.05) is 0 Å². The lowest BCUT2D eigenvalue weighted by Gasteiger charge is -2.11. The molecule has 0 aromatic heterocycles. The van der Waals surface area contributed by atoms with E-state index in [2.05, 4.69) is 6.92 Å². The van der Waals surface area contributed by atoms with E-state index in [1.54, 1.807) is 0 Å². The van der Waals surface area contributed by atoms with Gasteiger partial charge < -0.3 is 16.2 Å². The van der Waals surface area contributed by atoms with Crippen LogP contribution in [0, 0.1) is 0 Å². The predicted molar refractivity (Wildman–Crippen MR) is 65.8 cm³/mol. The quantitative estimate of drug-likeness (QED) is 0.520. The third-order valence-corrected chi connectivity index (χ3v) is 2.52. The molecule has 1 atom stereocenters. The zero-order chi connectivity index (χ0) is 11.4. The van der Waals surface area contributed by atoms with Crippen molar-refractivity contribution in [2.45, 2.75) is 57.9 Å². The van der Waals surface area contributed by atoms with Crippen LogP contribution in [0.1, 0.15) is 51.9 Å². The first-order chi connectivity index (χ1) is 7.31. The molecule has 0 spiro atoms. The Balaban J connectivity index is 3.06. The number of rotatable bonds is 11. The SMILES string of the molecule is CCCCCCCCC(N)COCCN. The Labute approximate surface area is 94.5 Å². The van der Waals surface area contributed by atoms with Crippen LogP contribution < -0.4 is 11.5 Å². The van der Waals surface area contributed by atoms with Gasteiger partial charge in [-0.3, -0.25) is 0 Å². The molecule has 0 rings (SSSR count). The largest absolute Gasteiger partial charge is 0.379 e. The summed E-state index contributed by atoms with van der Waals surface area (Å²) in [5.41, 5.74) is 11.2. The van der Waals surface area contributed by atoms with Crippen LogP contribution in [0.15, 0.2) is 0 Å². The fourth-order valence-electron chi connectivity index (χ4n) is 1.59. The summed E-state index contributed by atoms with van der Waals surface area (Å²) < 4.78 is 5.29. The maximum absolute atomic E-state index is 5.89. The van der Waals surface area contributed by atoms with Gasteiger partial charge in [0, 0.05) is 12.6 Å². The van der Waals surface area contributed by atoms with Crippen molar-refractivity contribution in [1.82, 2.24) is 0 Å². The molecule has 0 aromatic rings. The molecule has 4 N–H and O–H groups in total. The molecule has 3 nitrogen and oxygen atoms in total. The monoisotopic (exact) mass is 216 g/mol. The van der Waals surface area contributed by atoms with Crippen LogP contribution in [0.25, 0.3) is 0 Å². The van der Waals surface area contributed by atoms with Gasteiger partial charge in [0.1, 0.15) is 0 Å². The molecule has 0 aliphatic heterocycles. The molecule has 92 valence electrons. The average Bonchev–Trinajstić information content (AvgIpc) is 2.23. The molecular formula is C12H28N2O. The first-order valence-electron chi connectivity index (χ1n) is 6.34. The smallest absolute Gasteiger partial charge is 0.0618 e. The number of ether oxygens (including phenoxy) is 1. The zero-order valence-corrected chi connectivity index (χ0v) is 10.2. The van der Waals surface area contributed by atoms with E-state index in [-0.39, 0.29) is 6.04 Å². The maximum Gasteiger partial charge on any atom is 0.0618 e. The minimum absolute atomic E-state index is 0.197. The van der Waals surface area contributed by atoms with Gasteiger partial charge in [0.25, 0.3) is 0 Å². The van der Waals surface area contributed by atoms with E-state index < -0.39 is 0 Å². The molecule has 15 heavy (non-hydrogen) atoms. The summed E-state index contributed by atoms with van der Waals surface area (Å²) in [5.74, 6) is 0. The topological polar surface area (TPSA) is 61.3 Å². The molecule has 0 amide bonds. The van der Waals surface area contributed by atoms with E-state index in [0.717, 1.165) is 6.42 Å². The average molecular weight is 216 g/mol. The zero-order valence-electron chi connectivity index (χ0n) is 10.2. The molecule has 0 radical (unpaired) electrons. The van der Waals surface area contributed by atoms with Crippen molar-refractivity contribution >= 4 is 0 Å². The van der Waals surface area contributed by atoms with Crippen molar-refractivity contribution in [2.24, 2.45) is 11.5 Å². The van der Waals surface area contributed by atoms with Crippen LogP contribution in [0.5, 0.6) is 0 Å². The highest BCUT2D eigenvalue weighted by atomic mass is 16.5. The Kier molecular flexibility index (Phi) is 11.9. The number of hydrogen-bond acceptors (Lipinski definition) is 3. The lowest BCUT2D eigenvalue weighted by Crippen LogP contribution is -2.27. The van der Waals surface area contributed by atoms with Crippen molar-refractivity contribution in [3.8, 4) is 0 Å². The second kappa shape index (κ2) is 12.0. The highest BCUT2D eigenvalue weighted by Gasteiger charge is 2.01. The summed E-state index contributed by atoms with van der Waals surface area (Å²) in [5, 5.41) is 0. The van der Waals surface area contributed by atoms with Crippen molar-refractivity contribution in [3.05, 3.63) is 0 Å². The number of hydrogen-bond donors (Lipinski definition) is 2. The molecule has 1 unspecified atom stereocenters. The Morgan fingerprint density at radius 2 is 1.73 bits per heavy atom. The van der Waals surface area contributed by atoms with Gasteiger partial charge in [-0.25, -0.2) is 0 Å². The molecule has 0 aromatic carbocycles.